The second-order valence-electron chi connectivity index (χ2n) is 6.45. The molecule has 0 radical (unpaired) electrons. The van der Waals surface area contributed by atoms with Crippen LogP contribution in [0, 0.1) is 5.92 Å². The third kappa shape index (κ3) is 3.58. The number of hydrogen-bond acceptors (Lipinski definition) is 1. The van der Waals surface area contributed by atoms with E-state index in [2.05, 4.69) is 54.4 Å². The van der Waals surface area contributed by atoms with Crippen molar-refractivity contribution in [2.45, 2.75) is 45.1 Å². The summed E-state index contributed by atoms with van der Waals surface area (Å²) in [6.45, 7) is 7.59. The van der Waals surface area contributed by atoms with Crippen molar-refractivity contribution in [1.82, 2.24) is 10.2 Å². The second-order valence-corrected chi connectivity index (χ2v) is 6.45. The maximum atomic E-state index is 4.69. The molecule has 2 aliphatic rings. The number of nitrogens with zero attached hydrogens (tertiary/aromatic N) is 2. The van der Waals surface area contributed by atoms with Gasteiger partial charge in [-0.2, -0.15) is 0 Å². The van der Waals surface area contributed by atoms with Gasteiger partial charge in [-0.1, -0.05) is 37.3 Å². The number of aliphatic imine (C=N–C) groups is 1. The van der Waals surface area contributed by atoms with Crippen LogP contribution in [0.25, 0.3) is 0 Å². The number of benzene rings is 1. The fourth-order valence-corrected chi connectivity index (χ4v) is 3.33. The average molecular weight is 285 g/mol. The summed E-state index contributed by atoms with van der Waals surface area (Å²) in [4.78, 5) is 7.16. The van der Waals surface area contributed by atoms with E-state index >= 15 is 0 Å². The van der Waals surface area contributed by atoms with E-state index in [0.29, 0.717) is 17.9 Å². The van der Waals surface area contributed by atoms with Gasteiger partial charge in [-0.25, -0.2) is 0 Å². The van der Waals surface area contributed by atoms with Gasteiger partial charge < -0.3 is 10.2 Å². The molecule has 21 heavy (non-hydrogen) atoms. The first-order chi connectivity index (χ1) is 10.3. The van der Waals surface area contributed by atoms with Gasteiger partial charge in [-0.05, 0) is 43.6 Å². The van der Waals surface area contributed by atoms with E-state index in [1.807, 2.05) is 0 Å². The molecule has 0 aromatic heterocycles. The highest BCUT2D eigenvalue weighted by Crippen LogP contribution is 2.32. The molecule has 1 aromatic rings. The molecular weight excluding hydrogens is 258 g/mol. The van der Waals surface area contributed by atoms with Gasteiger partial charge in [0.15, 0.2) is 5.96 Å². The lowest BCUT2D eigenvalue weighted by Gasteiger charge is -2.39. The molecule has 114 valence electrons. The third-order valence-corrected chi connectivity index (χ3v) is 4.65. The van der Waals surface area contributed by atoms with Gasteiger partial charge in [-0.15, -0.1) is 0 Å². The SMILES string of the molecule is CCN=C(NC1CC1)N1CCC(c2ccccc2)C(C)C1. The van der Waals surface area contributed by atoms with Crippen molar-refractivity contribution in [2.24, 2.45) is 10.9 Å². The van der Waals surface area contributed by atoms with Gasteiger partial charge in [0.05, 0.1) is 0 Å². The summed E-state index contributed by atoms with van der Waals surface area (Å²) >= 11 is 0. The molecule has 3 heteroatoms. The van der Waals surface area contributed by atoms with Crippen molar-refractivity contribution in [3.63, 3.8) is 0 Å². The van der Waals surface area contributed by atoms with Crippen molar-refractivity contribution in [1.29, 1.82) is 0 Å². The first kappa shape index (κ1) is 14.4. The summed E-state index contributed by atoms with van der Waals surface area (Å²) < 4.78 is 0. The van der Waals surface area contributed by atoms with Gasteiger partial charge in [0, 0.05) is 25.7 Å². The molecule has 1 saturated heterocycles. The highest BCUT2D eigenvalue weighted by Gasteiger charge is 2.31. The van der Waals surface area contributed by atoms with Crippen LogP contribution in [-0.2, 0) is 0 Å². The number of piperidine rings is 1. The van der Waals surface area contributed by atoms with Crippen LogP contribution < -0.4 is 5.32 Å². The molecule has 2 unspecified atom stereocenters. The van der Waals surface area contributed by atoms with E-state index in [-0.39, 0.29) is 0 Å². The predicted octanol–water partition coefficient (Wildman–Crippen LogP) is 3.24. The fourth-order valence-electron chi connectivity index (χ4n) is 3.33. The van der Waals surface area contributed by atoms with Gasteiger partial charge in [-0.3, -0.25) is 4.99 Å². The molecule has 1 heterocycles. The van der Waals surface area contributed by atoms with Crippen molar-refractivity contribution in [3.05, 3.63) is 35.9 Å². The van der Waals surface area contributed by atoms with Gasteiger partial charge in [0.25, 0.3) is 0 Å². The van der Waals surface area contributed by atoms with E-state index in [1.54, 1.807) is 0 Å². The van der Waals surface area contributed by atoms with Crippen LogP contribution in [0.2, 0.25) is 0 Å². The van der Waals surface area contributed by atoms with Crippen LogP contribution in [0.5, 0.6) is 0 Å². The molecule has 1 aliphatic heterocycles. The van der Waals surface area contributed by atoms with Gasteiger partial charge in [0.2, 0.25) is 0 Å². The van der Waals surface area contributed by atoms with Crippen LogP contribution in [0.3, 0.4) is 0 Å². The molecule has 1 aromatic carbocycles. The maximum absolute atomic E-state index is 4.69. The first-order valence-electron chi connectivity index (χ1n) is 8.38. The zero-order valence-electron chi connectivity index (χ0n) is 13.3. The molecule has 3 nitrogen and oxygen atoms in total. The molecule has 0 bridgehead atoms. The Balaban J connectivity index is 1.65. The van der Waals surface area contributed by atoms with Crippen LogP contribution in [0.15, 0.2) is 35.3 Å². The molecule has 3 rings (SSSR count). The van der Waals surface area contributed by atoms with Crippen molar-refractivity contribution in [3.8, 4) is 0 Å². The Kier molecular flexibility index (Phi) is 4.47. The Bertz CT molecular complexity index is 478. The Morgan fingerprint density at radius 2 is 2.00 bits per heavy atom. The van der Waals surface area contributed by atoms with Crippen molar-refractivity contribution < 1.29 is 0 Å². The minimum absolute atomic E-state index is 0.671. The summed E-state index contributed by atoms with van der Waals surface area (Å²) in [5, 5.41) is 3.61. The molecule has 1 N–H and O–H groups in total. The van der Waals surface area contributed by atoms with Crippen LogP contribution in [0.4, 0.5) is 0 Å². The zero-order chi connectivity index (χ0) is 14.7. The predicted molar refractivity (Wildman–Crippen MR) is 88.7 cm³/mol. The molecule has 1 saturated carbocycles. The Hall–Kier alpha value is -1.51. The molecule has 0 amide bonds. The molecular formula is C18H27N3. The number of hydrogen-bond donors (Lipinski definition) is 1. The van der Waals surface area contributed by atoms with Gasteiger partial charge in [0.1, 0.15) is 0 Å². The summed E-state index contributed by atoms with van der Waals surface area (Å²) in [5.74, 6) is 2.49. The molecule has 0 spiro atoms. The summed E-state index contributed by atoms with van der Waals surface area (Å²) in [5.41, 5.74) is 1.49. The van der Waals surface area contributed by atoms with Gasteiger partial charge >= 0.3 is 0 Å². The maximum Gasteiger partial charge on any atom is 0.194 e. The topological polar surface area (TPSA) is 27.6 Å². The lowest BCUT2D eigenvalue weighted by atomic mass is 9.82. The van der Waals surface area contributed by atoms with Crippen LogP contribution in [-0.4, -0.2) is 36.5 Å². The average Bonchev–Trinajstić information content (AvgIpc) is 3.32. The third-order valence-electron chi connectivity index (χ3n) is 4.65. The van der Waals surface area contributed by atoms with E-state index < -0.39 is 0 Å². The minimum Gasteiger partial charge on any atom is -0.354 e. The lowest BCUT2D eigenvalue weighted by Crippen LogP contribution is -2.48. The van der Waals surface area contributed by atoms with Crippen LogP contribution >= 0.6 is 0 Å². The monoisotopic (exact) mass is 285 g/mol. The zero-order valence-corrected chi connectivity index (χ0v) is 13.3. The quantitative estimate of drug-likeness (QED) is 0.682. The summed E-state index contributed by atoms with van der Waals surface area (Å²) in [6.07, 6.45) is 3.83. The molecule has 1 aliphatic carbocycles. The highest BCUT2D eigenvalue weighted by molar-refractivity contribution is 5.80. The number of nitrogens with one attached hydrogen (secondary N) is 1. The number of guanidine groups is 1. The standard InChI is InChI=1S/C18H27N3/c1-3-19-18(20-16-9-10-16)21-12-11-17(14(2)13-21)15-7-5-4-6-8-15/h4-8,14,16-17H,3,9-13H2,1-2H3,(H,19,20). The number of likely N-dealkylation sites (tertiary alicyclic amines) is 1. The van der Waals surface area contributed by atoms with E-state index in [0.717, 1.165) is 25.6 Å². The first-order valence-corrected chi connectivity index (χ1v) is 8.38. The summed E-state index contributed by atoms with van der Waals surface area (Å²) in [6, 6.07) is 11.7. The normalized spacial score (nSPS) is 26.8. The van der Waals surface area contributed by atoms with Crippen molar-refractivity contribution in [2.75, 3.05) is 19.6 Å². The largest absolute Gasteiger partial charge is 0.354 e. The minimum atomic E-state index is 0.671. The molecule has 2 fully saturated rings. The Morgan fingerprint density at radius 1 is 1.24 bits per heavy atom. The lowest BCUT2D eigenvalue weighted by molar-refractivity contribution is 0.234. The highest BCUT2D eigenvalue weighted by atomic mass is 15.3. The van der Waals surface area contributed by atoms with Crippen LogP contribution in [0.1, 0.15) is 44.6 Å². The van der Waals surface area contributed by atoms with E-state index in [9.17, 15) is 0 Å². The van der Waals surface area contributed by atoms with E-state index in [1.165, 1.54) is 24.8 Å². The molecule has 2 atom stereocenters. The van der Waals surface area contributed by atoms with Crippen molar-refractivity contribution >= 4 is 5.96 Å². The smallest absolute Gasteiger partial charge is 0.194 e. The number of rotatable bonds is 3. The summed E-state index contributed by atoms with van der Waals surface area (Å²) in [7, 11) is 0. The van der Waals surface area contributed by atoms with E-state index in [4.69, 9.17) is 4.99 Å². The Labute approximate surface area is 128 Å². The second kappa shape index (κ2) is 6.50. The fraction of sp³-hybridized carbons (Fsp3) is 0.611. The Morgan fingerprint density at radius 3 is 2.62 bits per heavy atom.